The molecule has 0 fully saturated rings. The van der Waals surface area contributed by atoms with Gasteiger partial charge in [-0.25, -0.2) is 0 Å². The highest BCUT2D eigenvalue weighted by atomic mass is 16.5. The van der Waals surface area contributed by atoms with E-state index in [1.807, 2.05) is 25.1 Å². The molecule has 0 aromatic heterocycles. The summed E-state index contributed by atoms with van der Waals surface area (Å²) in [5.41, 5.74) is 1.19. The SMILES string of the molecule is C[CH]c1ccccc1OCCCCCC. The van der Waals surface area contributed by atoms with E-state index in [2.05, 4.69) is 19.4 Å². The highest BCUT2D eigenvalue weighted by molar-refractivity contribution is 5.37. The summed E-state index contributed by atoms with van der Waals surface area (Å²) >= 11 is 0. The van der Waals surface area contributed by atoms with Crippen LogP contribution in [0.3, 0.4) is 0 Å². The van der Waals surface area contributed by atoms with E-state index in [9.17, 15) is 0 Å². The molecule has 0 heterocycles. The Labute approximate surface area is 93.5 Å². The number of hydrogen-bond acceptors (Lipinski definition) is 1. The van der Waals surface area contributed by atoms with E-state index in [0.717, 1.165) is 18.8 Å². The molecule has 0 saturated heterocycles. The van der Waals surface area contributed by atoms with Crippen molar-refractivity contribution in [1.82, 2.24) is 0 Å². The monoisotopic (exact) mass is 205 g/mol. The Morgan fingerprint density at radius 1 is 1.13 bits per heavy atom. The minimum atomic E-state index is 0.838. The van der Waals surface area contributed by atoms with Gasteiger partial charge in [0, 0.05) is 0 Å². The average Bonchev–Trinajstić information content (AvgIpc) is 2.29. The fourth-order valence-corrected chi connectivity index (χ4v) is 1.56. The molecule has 1 aromatic carbocycles. The molecule has 1 aromatic rings. The Morgan fingerprint density at radius 2 is 1.93 bits per heavy atom. The quantitative estimate of drug-likeness (QED) is 0.606. The molecule has 0 aliphatic rings. The Bertz CT molecular complexity index is 268. The van der Waals surface area contributed by atoms with Crippen LogP contribution >= 0.6 is 0 Å². The van der Waals surface area contributed by atoms with E-state index < -0.39 is 0 Å². The van der Waals surface area contributed by atoms with Crippen LogP contribution in [0.4, 0.5) is 0 Å². The molecule has 0 aliphatic heterocycles. The highest BCUT2D eigenvalue weighted by Crippen LogP contribution is 2.19. The van der Waals surface area contributed by atoms with Gasteiger partial charge in [-0.1, -0.05) is 51.3 Å². The normalized spacial score (nSPS) is 10.3. The molecule has 0 N–H and O–H groups in total. The number of ether oxygens (including phenoxy) is 1. The second-order valence-corrected chi connectivity index (χ2v) is 3.74. The molecule has 1 rings (SSSR count). The molecule has 0 atom stereocenters. The number of benzene rings is 1. The molecule has 1 heteroatoms. The van der Waals surface area contributed by atoms with Crippen molar-refractivity contribution in [1.29, 1.82) is 0 Å². The van der Waals surface area contributed by atoms with E-state index in [0.29, 0.717) is 0 Å². The van der Waals surface area contributed by atoms with Crippen molar-refractivity contribution in [2.24, 2.45) is 0 Å². The zero-order valence-electron chi connectivity index (χ0n) is 9.83. The van der Waals surface area contributed by atoms with E-state index in [1.54, 1.807) is 0 Å². The largest absolute Gasteiger partial charge is 0.493 e. The predicted molar refractivity (Wildman–Crippen MR) is 65.2 cm³/mol. The summed E-state index contributed by atoms with van der Waals surface area (Å²) in [6, 6.07) is 8.18. The van der Waals surface area contributed by atoms with Crippen LogP contribution in [0.15, 0.2) is 24.3 Å². The standard InChI is InChI=1S/C14H21O/c1-3-5-6-9-12-15-14-11-8-7-10-13(14)4-2/h4,7-8,10-11H,3,5-6,9,12H2,1-2H3. The van der Waals surface area contributed by atoms with Crippen molar-refractivity contribution in [3.63, 3.8) is 0 Å². The summed E-state index contributed by atoms with van der Waals surface area (Å²) < 4.78 is 5.74. The van der Waals surface area contributed by atoms with E-state index in [1.165, 1.54) is 24.8 Å². The van der Waals surface area contributed by atoms with E-state index in [4.69, 9.17) is 4.74 Å². The van der Waals surface area contributed by atoms with Crippen LogP contribution in [-0.4, -0.2) is 6.61 Å². The molecular formula is C14H21O. The zero-order valence-corrected chi connectivity index (χ0v) is 9.83. The molecule has 0 saturated carbocycles. The van der Waals surface area contributed by atoms with Gasteiger partial charge >= 0.3 is 0 Å². The van der Waals surface area contributed by atoms with Gasteiger partial charge in [-0.2, -0.15) is 0 Å². The van der Waals surface area contributed by atoms with Gasteiger partial charge in [0.1, 0.15) is 5.75 Å². The first-order valence-corrected chi connectivity index (χ1v) is 5.89. The molecule has 0 aliphatic carbocycles. The first kappa shape index (κ1) is 12.1. The number of rotatable bonds is 7. The molecular weight excluding hydrogens is 184 g/mol. The lowest BCUT2D eigenvalue weighted by Crippen LogP contribution is -1.99. The van der Waals surface area contributed by atoms with Gasteiger partial charge < -0.3 is 4.74 Å². The van der Waals surface area contributed by atoms with Crippen LogP contribution in [0.1, 0.15) is 45.1 Å². The third-order valence-corrected chi connectivity index (χ3v) is 2.49. The van der Waals surface area contributed by atoms with Crippen molar-refractivity contribution >= 4 is 0 Å². The summed E-state index contributed by atoms with van der Waals surface area (Å²) in [5, 5.41) is 0. The fourth-order valence-electron chi connectivity index (χ4n) is 1.56. The van der Waals surface area contributed by atoms with Crippen molar-refractivity contribution in [3.05, 3.63) is 36.2 Å². The van der Waals surface area contributed by atoms with E-state index >= 15 is 0 Å². The first-order valence-electron chi connectivity index (χ1n) is 5.89. The van der Waals surface area contributed by atoms with Crippen LogP contribution in [0.25, 0.3) is 0 Å². The minimum Gasteiger partial charge on any atom is -0.493 e. The van der Waals surface area contributed by atoms with Crippen LogP contribution in [-0.2, 0) is 0 Å². The Hall–Kier alpha value is -0.980. The van der Waals surface area contributed by atoms with Crippen molar-refractivity contribution in [2.75, 3.05) is 6.61 Å². The predicted octanol–water partition coefficient (Wildman–Crippen LogP) is 4.22. The summed E-state index contributed by atoms with van der Waals surface area (Å²) in [6.07, 6.45) is 7.10. The summed E-state index contributed by atoms with van der Waals surface area (Å²) in [6.45, 7) is 5.10. The van der Waals surface area contributed by atoms with Crippen LogP contribution in [0.2, 0.25) is 0 Å². The maximum absolute atomic E-state index is 5.74. The van der Waals surface area contributed by atoms with Gasteiger partial charge in [0.15, 0.2) is 0 Å². The van der Waals surface area contributed by atoms with Crippen LogP contribution in [0, 0.1) is 6.42 Å². The van der Waals surface area contributed by atoms with Crippen LogP contribution in [0.5, 0.6) is 5.75 Å². The van der Waals surface area contributed by atoms with Gasteiger partial charge in [0.2, 0.25) is 0 Å². The molecule has 1 nitrogen and oxygen atoms in total. The summed E-state index contributed by atoms with van der Waals surface area (Å²) in [4.78, 5) is 0. The van der Waals surface area contributed by atoms with Crippen molar-refractivity contribution < 1.29 is 4.74 Å². The van der Waals surface area contributed by atoms with Crippen molar-refractivity contribution in [3.8, 4) is 5.75 Å². The summed E-state index contributed by atoms with van der Waals surface area (Å²) in [5.74, 6) is 1.01. The van der Waals surface area contributed by atoms with Gasteiger partial charge in [0.25, 0.3) is 0 Å². The third-order valence-electron chi connectivity index (χ3n) is 2.49. The zero-order chi connectivity index (χ0) is 10.9. The maximum Gasteiger partial charge on any atom is 0.122 e. The molecule has 0 bridgehead atoms. The maximum atomic E-state index is 5.74. The van der Waals surface area contributed by atoms with Crippen LogP contribution < -0.4 is 4.74 Å². The molecule has 0 spiro atoms. The molecule has 0 unspecified atom stereocenters. The number of para-hydroxylation sites is 1. The van der Waals surface area contributed by atoms with Gasteiger partial charge in [-0.3, -0.25) is 0 Å². The Morgan fingerprint density at radius 3 is 2.67 bits per heavy atom. The lowest BCUT2D eigenvalue weighted by atomic mass is 10.1. The van der Waals surface area contributed by atoms with Gasteiger partial charge in [-0.15, -0.1) is 0 Å². The molecule has 1 radical (unpaired) electrons. The average molecular weight is 205 g/mol. The highest BCUT2D eigenvalue weighted by Gasteiger charge is 1.99. The molecule has 15 heavy (non-hydrogen) atoms. The van der Waals surface area contributed by atoms with Gasteiger partial charge in [0.05, 0.1) is 6.61 Å². The summed E-state index contributed by atoms with van der Waals surface area (Å²) in [7, 11) is 0. The van der Waals surface area contributed by atoms with E-state index in [-0.39, 0.29) is 0 Å². The second-order valence-electron chi connectivity index (χ2n) is 3.74. The lowest BCUT2D eigenvalue weighted by molar-refractivity contribution is 0.303. The Balaban J connectivity index is 2.30. The topological polar surface area (TPSA) is 9.23 Å². The van der Waals surface area contributed by atoms with Gasteiger partial charge in [-0.05, 0) is 24.5 Å². The number of unbranched alkanes of at least 4 members (excludes halogenated alkanes) is 3. The first-order chi connectivity index (χ1) is 7.38. The molecule has 83 valence electrons. The smallest absolute Gasteiger partial charge is 0.122 e. The lowest BCUT2D eigenvalue weighted by Gasteiger charge is -2.09. The Kier molecular flexibility index (Phi) is 5.91. The number of hydrogen-bond donors (Lipinski definition) is 0. The second kappa shape index (κ2) is 7.33. The van der Waals surface area contributed by atoms with Crippen molar-refractivity contribution in [2.45, 2.75) is 39.5 Å². The third kappa shape index (κ3) is 4.37. The minimum absolute atomic E-state index is 0.838. The molecule has 0 amide bonds. The fraction of sp³-hybridized carbons (Fsp3) is 0.500.